The van der Waals surface area contributed by atoms with Crippen molar-refractivity contribution >= 4 is 35.9 Å². The van der Waals surface area contributed by atoms with E-state index in [-0.39, 0.29) is 5.78 Å². The topological polar surface area (TPSA) is 64.2 Å². The summed E-state index contributed by atoms with van der Waals surface area (Å²) < 4.78 is 24.0. The summed E-state index contributed by atoms with van der Waals surface area (Å²) in [5, 5.41) is 5.19. The summed E-state index contributed by atoms with van der Waals surface area (Å²) in [6.07, 6.45) is 6.58. The third-order valence-corrected chi connectivity index (χ3v) is 8.64. The Labute approximate surface area is 214 Å². The zero-order valence-electron chi connectivity index (χ0n) is 19.7. The molecule has 0 unspecified atom stereocenters. The molecule has 5 rings (SSSR count). The Hall–Kier alpha value is -3.51. The smallest absolute Gasteiger partial charge is 0.244 e. The van der Waals surface area contributed by atoms with Gasteiger partial charge in [0.2, 0.25) is 12.1 Å². The van der Waals surface area contributed by atoms with E-state index in [0.29, 0.717) is 24.6 Å². The first kappa shape index (κ1) is 24.2. The van der Waals surface area contributed by atoms with Crippen molar-refractivity contribution in [2.24, 2.45) is 0 Å². The van der Waals surface area contributed by atoms with Crippen molar-refractivity contribution in [2.45, 2.75) is 19.5 Å². The largest absolute Gasteiger partial charge is 0.456 e. The molecule has 0 radical (unpaired) electrons. The standard InChI is InChI=1S/C28H27N3O3PS/c32-25(28-13-7-18-36-28)19-31-17-16-30(22-31)15-8-14-29-35(33)20-26(23-9-3-1-4-10-23)34-27(21-35)24-11-5-2-6-12-24/h1-7,9-13,16-18,20-22H,8,14-15,19H2,(H,29,33)/q+1. The van der Waals surface area contributed by atoms with Crippen LogP contribution < -0.4 is 9.65 Å². The zero-order chi connectivity index (χ0) is 24.8. The van der Waals surface area contributed by atoms with E-state index in [4.69, 9.17) is 4.74 Å². The molecule has 0 atom stereocenters. The van der Waals surface area contributed by atoms with Gasteiger partial charge in [0.15, 0.2) is 13.8 Å². The van der Waals surface area contributed by atoms with Gasteiger partial charge in [-0.05, 0) is 17.9 Å². The van der Waals surface area contributed by atoms with E-state index >= 15 is 0 Å². The lowest BCUT2D eigenvalue weighted by Crippen LogP contribution is -2.35. The highest BCUT2D eigenvalue weighted by atomic mass is 32.1. The fourth-order valence-electron chi connectivity index (χ4n) is 3.98. The van der Waals surface area contributed by atoms with Gasteiger partial charge in [0.05, 0.1) is 11.4 Å². The van der Waals surface area contributed by atoms with Gasteiger partial charge in [-0.1, -0.05) is 66.7 Å². The van der Waals surface area contributed by atoms with Crippen LogP contribution in [-0.2, 0) is 22.4 Å². The first-order valence-corrected chi connectivity index (χ1v) is 14.5. The average molecular weight is 517 g/mol. The molecule has 4 aromatic rings. The summed E-state index contributed by atoms with van der Waals surface area (Å²) in [5.74, 6) is 4.72. The molecule has 1 aliphatic heterocycles. The summed E-state index contributed by atoms with van der Waals surface area (Å²) in [6.45, 7) is 1.63. The second-order valence-electron chi connectivity index (χ2n) is 8.52. The van der Waals surface area contributed by atoms with Crippen molar-refractivity contribution in [3.8, 4) is 0 Å². The number of hydrogen-bond acceptors (Lipinski definition) is 4. The number of nitrogens with zero attached hydrogens (tertiary/aromatic N) is 2. The van der Waals surface area contributed by atoms with Crippen molar-refractivity contribution in [3.63, 3.8) is 0 Å². The minimum absolute atomic E-state index is 0.106. The quantitative estimate of drug-likeness (QED) is 0.121. The number of carbonyl (C=O) groups excluding carboxylic acids is 1. The predicted octanol–water partition coefficient (Wildman–Crippen LogP) is 6.01. The molecule has 0 saturated heterocycles. The molecule has 2 aromatic carbocycles. The van der Waals surface area contributed by atoms with Gasteiger partial charge in [0.1, 0.15) is 23.9 Å². The summed E-state index contributed by atoms with van der Waals surface area (Å²) in [4.78, 5) is 13.1. The lowest BCUT2D eigenvalue weighted by atomic mass is 10.2. The van der Waals surface area contributed by atoms with Gasteiger partial charge < -0.3 is 4.74 Å². The average Bonchev–Trinajstić information content (AvgIpc) is 3.60. The minimum Gasteiger partial charge on any atom is -0.456 e. The first-order chi connectivity index (χ1) is 17.6. The van der Waals surface area contributed by atoms with Crippen LogP contribution in [0.15, 0.2) is 109 Å². The van der Waals surface area contributed by atoms with Crippen LogP contribution >= 0.6 is 18.6 Å². The predicted molar refractivity (Wildman–Crippen MR) is 143 cm³/mol. The number of benzene rings is 2. The normalized spacial score (nSPS) is 14.6. The molecule has 182 valence electrons. The van der Waals surface area contributed by atoms with Crippen LogP contribution in [0.5, 0.6) is 0 Å². The Morgan fingerprint density at radius 2 is 1.61 bits per heavy atom. The monoisotopic (exact) mass is 516 g/mol. The Balaban J connectivity index is 1.23. The van der Waals surface area contributed by atoms with E-state index in [0.717, 1.165) is 29.0 Å². The fraction of sp³-hybridized carbons (Fsp3) is 0.143. The van der Waals surface area contributed by atoms with Gasteiger partial charge in [-0.25, -0.2) is 9.13 Å². The van der Waals surface area contributed by atoms with E-state index in [9.17, 15) is 9.36 Å². The molecule has 0 spiro atoms. The molecular formula is C28H27N3O3PS+. The minimum atomic E-state index is -2.98. The molecule has 2 aromatic heterocycles. The van der Waals surface area contributed by atoms with Gasteiger partial charge in [0.25, 0.3) is 0 Å². The Bertz CT molecular complexity index is 1370. The van der Waals surface area contributed by atoms with Gasteiger partial charge in [0, 0.05) is 29.3 Å². The van der Waals surface area contributed by atoms with Gasteiger partial charge in [-0.2, -0.15) is 0 Å². The van der Waals surface area contributed by atoms with E-state index in [1.54, 1.807) is 11.6 Å². The molecule has 8 heteroatoms. The molecule has 0 aliphatic carbocycles. The maximum atomic E-state index is 13.9. The van der Waals surface area contributed by atoms with Gasteiger partial charge in [-0.3, -0.25) is 14.4 Å². The molecule has 6 nitrogen and oxygen atoms in total. The number of carbonyl (C=O) groups is 1. The van der Waals surface area contributed by atoms with Crippen LogP contribution in [0.3, 0.4) is 0 Å². The van der Waals surface area contributed by atoms with Gasteiger partial charge >= 0.3 is 0 Å². The number of rotatable bonds is 10. The van der Waals surface area contributed by atoms with Crippen LogP contribution in [0.25, 0.3) is 11.5 Å². The van der Waals surface area contributed by atoms with E-state index in [1.165, 1.54) is 11.3 Å². The molecule has 0 bridgehead atoms. The van der Waals surface area contributed by atoms with Crippen molar-refractivity contribution in [2.75, 3.05) is 6.54 Å². The summed E-state index contributed by atoms with van der Waals surface area (Å²) >= 11 is 1.46. The Morgan fingerprint density at radius 3 is 2.22 bits per heavy atom. The van der Waals surface area contributed by atoms with E-state index < -0.39 is 7.29 Å². The molecule has 3 heterocycles. The highest BCUT2D eigenvalue weighted by molar-refractivity contribution is 7.68. The second-order valence-corrected chi connectivity index (χ2v) is 11.7. The summed E-state index contributed by atoms with van der Waals surface area (Å²) in [5.41, 5.74) is 1.77. The number of ketones is 1. The number of ether oxygens (including phenoxy) is 1. The Morgan fingerprint density at radius 1 is 0.944 bits per heavy atom. The number of imidazole rings is 1. The van der Waals surface area contributed by atoms with Crippen LogP contribution in [-0.4, -0.2) is 16.9 Å². The van der Waals surface area contributed by atoms with Crippen LogP contribution in [0.4, 0.5) is 0 Å². The van der Waals surface area contributed by atoms with Crippen LogP contribution in [0, 0.1) is 0 Å². The molecular weight excluding hydrogens is 489 g/mol. The molecule has 36 heavy (non-hydrogen) atoms. The first-order valence-electron chi connectivity index (χ1n) is 11.8. The van der Waals surface area contributed by atoms with Crippen molar-refractivity contribution in [1.29, 1.82) is 0 Å². The highest BCUT2D eigenvalue weighted by Gasteiger charge is 2.26. The van der Waals surface area contributed by atoms with Crippen LogP contribution in [0.1, 0.15) is 27.2 Å². The van der Waals surface area contributed by atoms with Crippen molar-refractivity contribution < 1.29 is 18.7 Å². The maximum Gasteiger partial charge on any atom is 0.244 e. The second kappa shape index (κ2) is 11.0. The lowest BCUT2D eigenvalue weighted by molar-refractivity contribution is -0.682. The zero-order valence-corrected chi connectivity index (χ0v) is 21.4. The molecule has 0 saturated carbocycles. The highest BCUT2D eigenvalue weighted by Crippen LogP contribution is 2.53. The van der Waals surface area contributed by atoms with E-state index in [2.05, 4.69) is 5.09 Å². The number of aromatic nitrogens is 2. The number of thiophene rings is 1. The SMILES string of the molecule is O=C(C[n+]1ccn(CCCNP2(=O)C=C(c3ccccc3)OC(c3ccccc3)=C2)c1)c1cccs1. The molecule has 0 amide bonds. The number of nitrogens with one attached hydrogen (secondary N) is 1. The van der Waals surface area contributed by atoms with Crippen LogP contribution in [0.2, 0.25) is 0 Å². The number of Topliss-reactive ketones (excluding diaryl/α,β-unsaturated/α-hetero) is 1. The molecule has 1 aliphatic rings. The van der Waals surface area contributed by atoms with Crippen molar-refractivity contribution in [1.82, 2.24) is 9.65 Å². The molecule has 1 N–H and O–H groups in total. The maximum absolute atomic E-state index is 13.9. The summed E-state index contributed by atoms with van der Waals surface area (Å²) in [6, 6.07) is 23.2. The number of aryl methyl sites for hydroxylation is 1. The third kappa shape index (κ3) is 6.00. The van der Waals surface area contributed by atoms with Gasteiger partial charge in [-0.15, -0.1) is 11.3 Å². The van der Waals surface area contributed by atoms with E-state index in [1.807, 2.05) is 106 Å². The number of hydrogen-bond donors (Lipinski definition) is 1. The Kier molecular flexibility index (Phi) is 7.42. The summed E-state index contributed by atoms with van der Waals surface area (Å²) in [7, 11) is -2.98. The van der Waals surface area contributed by atoms with Crippen molar-refractivity contribution in [3.05, 3.63) is 125 Å². The fourth-order valence-corrected chi connectivity index (χ4v) is 6.50. The third-order valence-electron chi connectivity index (χ3n) is 5.78. The molecule has 0 fully saturated rings. The lowest BCUT2D eigenvalue weighted by Gasteiger charge is -2.23.